The quantitative estimate of drug-likeness (QED) is 0.290. The van der Waals surface area contributed by atoms with Gasteiger partial charge in [-0.1, -0.05) is 49.4 Å². The number of aryl methyl sites for hydroxylation is 1. The fourth-order valence-electron chi connectivity index (χ4n) is 4.20. The third-order valence-electron chi connectivity index (χ3n) is 6.21. The number of benzene rings is 3. The van der Waals surface area contributed by atoms with E-state index in [1.54, 1.807) is 42.5 Å². The Balaban J connectivity index is 2.07. The van der Waals surface area contributed by atoms with Crippen molar-refractivity contribution in [3.05, 3.63) is 93.6 Å². The van der Waals surface area contributed by atoms with E-state index >= 15 is 0 Å². The van der Waals surface area contributed by atoms with Gasteiger partial charge < -0.3 is 10.2 Å². The molecule has 3 rings (SSSR count). The van der Waals surface area contributed by atoms with Crippen molar-refractivity contribution in [2.75, 3.05) is 10.8 Å². The summed E-state index contributed by atoms with van der Waals surface area (Å²) in [5.41, 5.74) is 1.74. The highest BCUT2D eigenvalue weighted by atomic mass is 127. The van der Waals surface area contributed by atoms with E-state index in [9.17, 15) is 18.0 Å². The largest absolute Gasteiger partial charge is 0.350 e. The van der Waals surface area contributed by atoms with Crippen LogP contribution in [0.5, 0.6) is 0 Å². The maximum Gasteiger partial charge on any atom is 0.264 e. The van der Waals surface area contributed by atoms with Crippen LogP contribution in [0, 0.1) is 10.5 Å². The van der Waals surface area contributed by atoms with Crippen LogP contribution in [0.4, 0.5) is 5.69 Å². The number of carbonyl (C=O) groups excluding carboxylic acids is 2. The maximum absolute atomic E-state index is 14.1. The molecule has 0 aliphatic heterocycles. The van der Waals surface area contributed by atoms with Crippen LogP contribution in [0.15, 0.2) is 83.8 Å². The number of nitrogens with one attached hydrogen (secondary N) is 1. The molecular formula is C30H36IN3O4S. The SMILES string of the molecule is CC[C@H](C(=O)NC(C)(C)C)N(Cc1ccccc1C)C(=O)CN(c1ccc(I)cc1)S(=O)(=O)c1ccccc1. The van der Waals surface area contributed by atoms with Crippen molar-refractivity contribution in [3.63, 3.8) is 0 Å². The molecule has 2 amide bonds. The summed E-state index contributed by atoms with van der Waals surface area (Å²) in [5, 5.41) is 2.99. The van der Waals surface area contributed by atoms with Crippen LogP contribution in [0.1, 0.15) is 45.2 Å². The van der Waals surface area contributed by atoms with Crippen LogP contribution in [0.3, 0.4) is 0 Å². The van der Waals surface area contributed by atoms with Gasteiger partial charge in [0.05, 0.1) is 10.6 Å². The van der Waals surface area contributed by atoms with E-state index in [0.717, 1.165) is 19.0 Å². The molecule has 3 aromatic carbocycles. The molecule has 0 aromatic heterocycles. The van der Waals surface area contributed by atoms with Gasteiger partial charge in [-0.25, -0.2) is 8.42 Å². The van der Waals surface area contributed by atoms with E-state index in [1.165, 1.54) is 17.0 Å². The Hall–Kier alpha value is -2.92. The van der Waals surface area contributed by atoms with Crippen LogP contribution >= 0.6 is 22.6 Å². The minimum absolute atomic E-state index is 0.0827. The van der Waals surface area contributed by atoms with Gasteiger partial charge in [0.2, 0.25) is 11.8 Å². The number of carbonyl (C=O) groups is 2. The number of halogens is 1. The molecule has 9 heteroatoms. The lowest BCUT2D eigenvalue weighted by molar-refractivity contribution is -0.141. The van der Waals surface area contributed by atoms with Crippen molar-refractivity contribution < 1.29 is 18.0 Å². The van der Waals surface area contributed by atoms with Gasteiger partial charge in [-0.2, -0.15) is 0 Å². The first kappa shape index (κ1) is 30.6. The second-order valence-electron chi connectivity index (χ2n) is 10.4. The summed E-state index contributed by atoms with van der Waals surface area (Å²) >= 11 is 2.15. The summed E-state index contributed by atoms with van der Waals surface area (Å²) in [5.74, 6) is -0.745. The summed E-state index contributed by atoms with van der Waals surface area (Å²) in [7, 11) is -4.08. The molecule has 0 radical (unpaired) electrons. The van der Waals surface area contributed by atoms with Gasteiger partial charge in [0.25, 0.3) is 10.0 Å². The smallest absolute Gasteiger partial charge is 0.264 e. The van der Waals surface area contributed by atoms with Gasteiger partial charge in [-0.05, 0) is 104 Å². The number of hydrogen-bond donors (Lipinski definition) is 1. The molecule has 0 saturated heterocycles. The second-order valence-corrected chi connectivity index (χ2v) is 13.5. The number of rotatable bonds is 10. The number of nitrogens with zero attached hydrogens (tertiary/aromatic N) is 2. The van der Waals surface area contributed by atoms with Gasteiger partial charge in [-0.15, -0.1) is 0 Å². The zero-order valence-electron chi connectivity index (χ0n) is 23.0. The minimum Gasteiger partial charge on any atom is -0.350 e. The summed E-state index contributed by atoms with van der Waals surface area (Å²) in [6.45, 7) is 9.17. The average Bonchev–Trinajstić information content (AvgIpc) is 2.88. The maximum atomic E-state index is 14.1. The highest BCUT2D eigenvalue weighted by Crippen LogP contribution is 2.26. The first-order chi connectivity index (χ1) is 18.3. The third kappa shape index (κ3) is 8.04. The summed E-state index contributed by atoms with van der Waals surface area (Å²) in [4.78, 5) is 29.1. The summed E-state index contributed by atoms with van der Waals surface area (Å²) in [6.07, 6.45) is 0.370. The topological polar surface area (TPSA) is 86.8 Å². The molecule has 208 valence electrons. The van der Waals surface area contributed by atoms with Crippen molar-refractivity contribution in [3.8, 4) is 0 Å². The predicted octanol–water partition coefficient (Wildman–Crippen LogP) is 5.52. The highest BCUT2D eigenvalue weighted by molar-refractivity contribution is 14.1. The zero-order valence-corrected chi connectivity index (χ0v) is 26.0. The van der Waals surface area contributed by atoms with Crippen LogP contribution in [0.25, 0.3) is 0 Å². The fourth-order valence-corrected chi connectivity index (χ4v) is 5.99. The van der Waals surface area contributed by atoms with Crippen molar-refractivity contribution in [2.45, 2.75) is 64.1 Å². The van der Waals surface area contributed by atoms with E-state index in [-0.39, 0.29) is 17.3 Å². The van der Waals surface area contributed by atoms with Crippen molar-refractivity contribution in [1.29, 1.82) is 0 Å². The molecule has 0 fully saturated rings. The molecule has 0 unspecified atom stereocenters. The Labute approximate surface area is 245 Å². The molecule has 0 spiro atoms. The van der Waals surface area contributed by atoms with E-state index < -0.39 is 34.1 Å². The highest BCUT2D eigenvalue weighted by Gasteiger charge is 2.34. The van der Waals surface area contributed by atoms with Crippen LogP contribution < -0.4 is 9.62 Å². The monoisotopic (exact) mass is 661 g/mol. The summed E-state index contributed by atoms with van der Waals surface area (Å²) < 4.78 is 29.7. The predicted molar refractivity (Wildman–Crippen MR) is 164 cm³/mol. The average molecular weight is 662 g/mol. The van der Waals surface area contributed by atoms with E-state index in [4.69, 9.17) is 0 Å². The first-order valence-corrected chi connectivity index (χ1v) is 15.3. The van der Waals surface area contributed by atoms with Gasteiger partial charge in [0.15, 0.2) is 0 Å². The van der Waals surface area contributed by atoms with Gasteiger partial charge in [0.1, 0.15) is 12.6 Å². The molecule has 0 aliphatic rings. The first-order valence-electron chi connectivity index (χ1n) is 12.8. The molecule has 7 nitrogen and oxygen atoms in total. The molecule has 39 heavy (non-hydrogen) atoms. The number of anilines is 1. The molecule has 1 atom stereocenters. The molecule has 0 aliphatic carbocycles. The number of amides is 2. The molecular weight excluding hydrogens is 625 g/mol. The fraction of sp³-hybridized carbons (Fsp3) is 0.333. The van der Waals surface area contributed by atoms with E-state index in [2.05, 4.69) is 27.9 Å². The van der Waals surface area contributed by atoms with Gasteiger partial charge in [0, 0.05) is 15.7 Å². The molecule has 0 bridgehead atoms. The lowest BCUT2D eigenvalue weighted by atomic mass is 10.0. The minimum atomic E-state index is -4.08. The Morgan fingerprint density at radius 1 is 0.923 bits per heavy atom. The van der Waals surface area contributed by atoms with Crippen LogP contribution in [-0.2, 0) is 26.2 Å². The standard InChI is InChI=1S/C30H36IN3O4S/c1-6-27(29(36)32-30(3,4)5)33(20-23-13-11-10-12-22(23)2)28(35)21-34(25-18-16-24(31)17-19-25)39(37,38)26-14-8-7-9-15-26/h7-19,27H,6,20-21H2,1-5H3,(H,32,36)/t27-/m1/s1. The van der Waals surface area contributed by atoms with Crippen LogP contribution in [-0.4, -0.2) is 43.3 Å². The Bertz CT molecular complexity index is 1390. The number of sulfonamides is 1. The van der Waals surface area contributed by atoms with Crippen molar-refractivity contribution in [2.24, 2.45) is 0 Å². The Morgan fingerprint density at radius 3 is 2.08 bits per heavy atom. The Morgan fingerprint density at radius 2 is 1.51 bits per heavy atom. The molecule has 0 saturated carbocycles. The lowest BCUT2D eigenvalue weighted by Crippen LogP contribution is -2.55. The molecule has 3 aromatic rings. The molecule has 1 N–H and O–H groups in total. The van der Waals surface area contributed by atoms with Crippen LogP contribution in [0.2, 0.25) is 0 Å². The van der Waals surface area contributed by atoms with Gasteiger partial charge >= 0.3 is 0 Å². The number of hydrogen-bond acceptors (Lipinski definition) is 4. The van der Waals surface area contributed by atoms with E-state index in [0.29, 0.717) is 12.1 Å². The second kappa shape index (κ2) is 13.0. The van der Waals surface area contributed by atoms with E-state index in [1.807, 2.05) is 58.9 Å². The normalized spacial score (nSPS) is 12.5. The summed E-state index contributed by atoms with van der Waals surface area (Å²) in [6, 6.07) is 21.9. The zero-order chi connectivity index (χ0) is 28.8. The van der Waals surface area contributed by atoms with Crippen molar-refractivity contribution in [1.82, 2.24) is 10.2 Å². The Kier molecular flexibility index (Phi) is 10.2. The molecule has 0 heterocycles. The third-order valence-corrected chi connectivity index (χ3v) is 8.72. The van der Waals surface area contributed by atoms with Crippen molar-refractivity contribution >= 4 is 50.1 Å². The lowest BCUT2D eigenvalue weighted by Gasteiger charge is -2.35. The van der Waals surface area contributed by atoms with Gasteiger partial charge in [-0.3, -0.25) is 13.9 Å².